The zero-order valence-corrected chi connectivity index (χ0v) is 10.6. The van der Waals surface area contributed by atoms with E-state index < -0.39 is 0 Å². The normalized spacial score (nSPS) is 20.2. The predicted octanol–water partition coefficient (Wildman–Crippen LogP) is 2.18. The number of hydrogen-bond donors (Lipinski definition) is 1. The smallest absolute Gasteiger partial charge is 0.230 e. The summed E-state index contributed by atoms with van der Waals surface area (Å²) >= 11 is 3.32. The van der Waals surface area contributed by atoms with Crippen molar-refractivity contribution in [2.24, 2.45) is 5.92 Å². The summed E-state index contributed by atoms with van der Waals surface area (Å²) < 4.78 is 13.9. The Morgan fingerprint density at radius 1 is 1.41 bits per heavy atom. The van der Waals surface area contributed by atoms with Crippen molar-refractivity contribution in [2.75, 3.05) is 0 Å². The van der Waals surface area contributed by atoms with Crippen LogP contribution in [0.2, 0.25) is 0 Å². The molecule has 0 spiro atoms. The molecule has 1 aliphatic rings. The molecule has 0 radical (unpaired) electrons. The van der Waals surface area contributed by atoms with Gasteiger partial charge in [-0.15, -0.1) is 0 Å². The van der Waals surface area contributed by atoms with Crippen molar-refractivity contribution in [1.82, 2.24) is 5.32 Å². The van der Waals surface area contributed by atoms with Crippen LogP contribution >= 0.6 is 15.9 Å². The summed E-state index contributed by atoms with van der Waals surface area (Å²) in [5, 5.41) is 2.30. The lowest BCUT2D eigenvalue weighted by atomic mass is 9.91. The van der Waals surface area contributed by atoms with Gasteiger partial charge in [-0.3, -0.25) is 14.9 Å². The van der Waals surface area contributed by atoms with Crippen molar-refractivity contribution in [2.45, 2.75) is 19.3 Å². The average molecular weight is 300 g/mol. The summed E-state index contributed by atoms with van der Waals surface area (Å²) in [6.45, 7) is 0. The monoisotopic (exact) mass is 299 g/mol. The maximum atomic E-state index is 13.1. The van der Waals surface area contributed by atoms with E-state index in [-0.39, 0.29) is 23.5 Å². The number of carbonyl (C=O) groups excluding carboxylic acids is 2. The van der Waals surface area contributed by atoms with Gasteiger partial charge in [0.2, 0.25) is 11.8 Å². The van der Waals surface area contributed by atoms with Gasteiger partial charge in [-0.2, -0.15) is 0 Å². The molecule has 0 aliphatic carbocycles. The van der Waals surface area contributed by atoms with Crippen LogP contribution in [0.4, 0.5) is 4.39 Å². The molecule has 90 valence electrons. The van der Waals surface area contributed by atoms with E-state index in [9.17, 15) is 14.0 Å². The van der Waals surface area contributed by atoms with Crippen molar-refractivity contribution in [3.63, 3.8) is 0 Å². The molecule has 2 amide bonds. The molecule has 5 heteroatoms. The third-order valence-corrected chi connectivity index (χ3v) is 3.60. The minimum atomic E-state index is -0.324. The zero-order chi connectivity index (χ0) is 12.4. The van der Waals surface area contributed by atoms with Gasteiger partial charge in [0.25, 0.3) is 0 Å². The van der Waals surface area contributed by atoms with Gasteiger partial charge in [-0.1, -0.05) is 15.9 Å². The number of carbonyl (C=O) groups is 2. The molecule has 1 aromatic carbocycles. The molecule has 1 N–H and O–H groups in total. The SMILES string of the molecule is O=C1CCC(Cc2cc(F)ccc2Br)C(=O)N1. The van der Waals surface area contributed by atoms with E-state index in [2.05, 4.69) is 21.2 Å². The van der Waals surface area contributed by atoms with Crippen LogP contribution in [0.5, 0.6) is 0 Å². The lowest BCUT2D eigenvalue weighted by Gasteiger charge is -2.21. The van der Waals surface area contributed by atoms with Crippen LogP contribution in [0.15, 0.2) is 22.7 Å². The molecule has 2 rings (SSSR count). The molecule has 0 aromatic heterocycles. The van der Waals surface area contributed by atoms with E-state index >= 15 is 0 Å². The van der Waals surface area contributed by atoms with Gasteiger partial charge >= 0.3 is 0 Å². The molecule has 1 atom stereocenters. The number of hydrogen-bond acceptors (Lipinski definition) is 2. The van der Waals surface area contributed by atoms with Gasteiger partial charge < -0.3 is 0 Å². The second kappa shape index (κ2) is 4.96. The van der Waals surface area contributed by atoms with E-state index in [1.54, 1.807) is 6.07 Å². The van der Waals surface area contributed by atoms with Crippen LogP contribution in [-0.2, 0) is 16.0 Å². The number of halogens is 2. The van der Waals surface area contributed by atoms with Crippen LogP contribution < -0.4 is 5.32 Å². The highest BCUT2D eigenvalue weighted by molar-refractivity contribution is 9.10. The number of nitrogens with one attached hydrogen (secondary N) is 1. The topological polar surface area (TPSA) is 46.2 Å². The van der Waals surface area contributed by atoms with Crippen LogP contribution in [0.3, 0.4) is 0 Å². The van der Waals surface area contributed by atoms with Gasteiger partial charge in [0.05, 0.1) is 0 Å². The lowest BCUT2D eigenvalue weighted by molar-refractivity contribution is -0.136. The first kappa shape index (κ1) is 12.2. The molecule has 1 aliphatic heterocycles. The van der Waals surface area contributed by atoms with E-state index in [1.807, 2.05) is 0 Å². The molecular formula is C12H11BrFNO2. The lowest BCUT2D eigenvalue weighted by Crippen LogP contribution is -2.41. The highest BCUT2D eigenvalue weighted by Crippen LogP contribution is 2.24. The molecule has 1 unspecified atom stereocenters. The second-order valence-corrected chi connectivity index (χ2v) is 4.94. The van der Waals surface area contributed by atoms with Crippen LogP contribution in [0, 0.1) is 11.7 Å². The Bertz CT molecular complexity index is 476. The number of amides is 2. The summed E-state index contributed by atoms with van der Waals surface area (Å²) in [6, 6.07) is 4.39. The predicted molar refractivity (Wildman–Crippen MR) is 63.7 cm³/mol. The van der Waals surface area contributed by atoms with Gasteiger partial charge in [-0.25, -0.2) is 4.39 Å². The Hall–Kier alpha value is -1.23. The first-order chi connectivity index (χ1) is 8.06. The molecular weight excluding hydrogens is 289 g/mol. The van der Waals surface area contributed by atoms with E-state index in [0.29, 0.717) is 19.3 Å². The molecule has 1 fully saturated rings. The standard InChI is InChI=1S/C12H11BrFNO2/c13-10-3-2-9(14)6-8(10)5-7-1-4-11(16)15-12(7)17/h2-3,6-7H,1,4-5H2,(H,15,16,17). The summed E-state index contributed by atoms with van der Waals surface area (Å²) in [5.74, 6) is -1.08. The highest BCUT2D eigenvalue weighted by Gasteiger charge is 2.27. The van der Waals surface area contributed by atoms with E-state index in [4.69, 9.17) is 0 Å². The molecule has 1 heterocycles. The number of rotatable bonds is 2. The van der Waals surface area contributed by atoms with Crippen molar-refractivity contribution in [3.05, 3.63) is 34.1 Å². The quantitative estimate of drug-likeness (QED) is 0.851. The number of imide groups is 1. The summed E-state index contributed by atoms with van der Waals surface area (Å²) in [5.41, 5.74) is 0.750. The Labute approximate surface area is 107 Å². The molecule has 3 nitrogen and oxygen atoms in total. The molecule has 1 saturated heterocycles. The van der Waals surface area contributed by atoms with Crippen molar-refractivity contribution in [1.29, 1.82) is 0 Å². The van der Waals surface area contributed by atoms with Crippen LogP contribution in [-0.4, -0.2) is 11.8 Å². The number of benzene rings is 1. The Kier molecular flexibility index (Phi) is 3.57. The van der Waals surface area contributed by atoms with Gasteiger partial charge in [0.15, 0.2) is 0 Å². The molecule has 0 bridgehead atoms. The minimum absolute atomic E-state index is 0.232. The van der Waals surface area contributed by atoms with Crippen molar-refractivity contribution < 1.29 is 14.0 Å². The highest BCUT2D eigenvalue weighted by atomic mass is 79.9. The second-order valence-electron chi connectivity index (χ2n) is 4.09. The van der Waals surface area contributed by atoms with Crippen molar-refractivity contribution >= 4 is 27.7 Å². The Balaban J connectivity index is 2.13. The Morgan fingerprint density at radius 2 is 2.18 bits per heavy atom. The average Bonchev–Trinajstić information content (AvgIpc) is 2.27. The largest absolute Gasteiger partial charge is 0.296 e. The summed E-state index contributed by atoms with van der Waals surface area (Å²) in [7, 11) is 0. The first-order valence-corrected chi connectivity index (χ1v) is 6.13. The van der Waals surface area contributed by atoms with Gasteiger partial charge in [0.1, 0.15) is 5.82 Å². The molecule has 1 aromatic rings. The maximum Gasteiger partial charge on any atom is 0.230 e. The van der Waals surface area contributed by atoms with E-state index in [1.165, 1.54) is 12.1 Å². The zero-order valence-electron chi connectivity index (χ0n) is 9.00. The van der Waals surface area contributed by atoms with Gasteiger partial charge in [0, 0.05) is 16.8 Å². The Morgan fingerprint density at radius 3 is 2.88 bits per heavy atom. The summed E-state index contributed by atoms with van der Waals surface area (Å²) in [6.07, 6.45) is 1.31. The van der Waals surface area contributed by atoms with E-state index in [0.717, 1.165) is 10.0 Å². The number of piperidine rings is 1. The van der Waals surface area contributed by atoms with Crippen molar-refractivity contribution in [3.8, 4) is 0 Å². The fraction of sp³-hybridized carbons (Fsp3) is 0.333. The first-order valence-electron chi connectivity index (χ1n) is 5.34. The van der Waals surface area contributed by atoms with Crippen LogP contribution in [0.25, 0.3) is 0 Å². The third kappa shape index (κ3) is 2.91. The molecule has 0 saturated carbocycles. The van der Waals surface area contributed by atoms with Crippen LogP contribution in [0.1, 0.15) is 18.4 Å². The summed E-state index contributed by atoms with van der Waals surface area (Å²) in [4.78, 5) is 22.6. The third-order valence-electron chi connectivity index (χ3n) is 2.83. The van der Waals surface area contributed by atoms with Gasteiger partial charge in [-0.05, 0) is 36.6 Å². The fourth-order valence-corrected chi connectivity index (χ4v) is 2.31. The fourth-order valence-electron chi connectivity index (χ4n) is 1.90. The minimum Gasteiger partial charge on any atom is -0.296 e. The molecule has 17 heavy (non-hydrogen) atoms. The maximum absolute atomic E-state index is 13.1.